The van der Waals surface area contributed by atoms with E-state index in [2.05, 4.69) is 26.1 Å². The molecule has 0 saturated carbocycles. The van der Waals surface area contributed by atoms with Gasteiger partial charge in [-0.1, -0.05) is 51.1 Å². The van der Waals surface area contributed by atoms with Crippen LogP contribution in [0.2, 0.25) is 0 Å². The van der Waals surface area contributed by atoms with Crippen molar-refractivity contribution in [2.24, 2.45) is 5.73 Å². The molecule has 1 amide bonds. The van der Waals surface area contributed by atoms with Crippen LogP contribution in [0.3, 0.4) is 0 Å². The van der Waals surface area contributed by atoms with E-state index in [1.165, 1.54) is 4.90 Å². The van der Waals surface area contributed by atoms with Crippen molar-refractivity contribution in [3.63, 3.8) is 0 Å². The molecule has 3 N–H and O–H groups in total. The predicted octanol–water partition coefficient (Wildman–Crippen LogP) is 5.03. The number of hydrogen-bond acceptors (Lipinski definition) is 3. The van der Waals surface area contributed by atoms with Crippen LogP contribution in [0.4, 0.5) is 5.69 Å². The molecule has 0 aliphatic heterocycles. The Hall–Kier alpha value is -1.49. The molecule has 0 aliphatic carbocycles. The van der Waals surface area contributed by atoms with Gasteiger partial charge in [0.2, 0.25) is 5.91 Å². The monoisotopic (exact) mass is 364 g/mol. The van der Waals surface area contributed by atoms with Gasteiger partial charge in [0.05, 0.1) is 0 Å². The molecule has 5 heteroatoms. The molecule has 0 heterocycles. The van der Waals surface area contributed by atoms with Crippen LogP contribution in [0.5, 0.6) is 0 Å². The van der Waals surface area contributed by atoms with Crippen molar-refractivity contribution in [1.29, 1.82) is 0 Å². The lowest BCUT2D eigenvalue weighted by atomic mass is 10.0. The first-order valence-corrected chi connectivity index (χ1v) is 8.54. The Bertz CT molecular complexity index is 639. The van der Waals surface area contributed by atoms with Gasteiger partial charge < -0.3 is 11.1 Å². The van der Waals surface area contributed by atoms with Gasteiger partial charge in [0, 0.05) is 27.8 Å². The summed E-state index contributed by atoms with van der Waals surface area (Å²) >= 11 is 1.80. The van der Waals surface area contributed by atoms with Crippen molar-refractivity contribution >= 4 is 35.8 Å². The molecule has 0 saturated heterocycles. The summed E-state index contributed by atoms with van der Waals surface area (Å²) in [5.41, 5.74) is 7.85. The lowest BCUT2D eigenvalue weighted by molar-refractivity contribution is -0.116. The maximum atomic E-state index is 12.1. The zero-order valence-electron chi connectivity index (χ0n) is 14.3. The number of nitrogens with two attached hydrogens (primary N) is 1. The predicted molar refractivity (Wildman–Crippen MR) is 106 cm³/mol. The minimum Gasteiger partial charge on any atom is -0.326 e. The highest BCUT2D eigenvalue weighted by Gasteiger charge is 2.13. The fraction of sp³-hybridized carbons (Fsp3) is 0.316. The van der Waals surface area contributed by atoms with Crippen LogP contribution >= 0.6 is 24.2 Å². The van der Waals surface area contributed by atoms with Gasteiger partial charge in [0.25, 0.3) is 0 Å². The van der Waals surface area contributed by atoms with Gasteiger partial charge in [-0.3, -0.25) is 4.79 Å². The first-order chi connectivity index (χ1) is 10.8. The van der Waals surface area contributed by atoms with E-state index in [-0.39, 0.29) is 35.5 Å². The highest BCUT2D eigenvalue weighted by atomic mass is 35.5. The minimum absolute atomic E-state index is 0. The summed E-state index contributed by atoms with van der Waals surface area (Å²) in [6, 6.07) is 17.3. The summed E-state index contributed by atoms with van der Waals surface area (Å²) in [5, 5.41) is 2.90. The SMILES string of the molecule is CC(C)(C)Sc1ccc(NC(=O)CC(N)c2ccccc2)cc1.Cl. The van der Waals surface area contributed by atoms with Gasteiger partial charge in [-0.2, -0.15) is 0 Å². The number of amides is 1. The van der Waals surface area contributed by atoms with Crippen LogP contribution in [-0.4, -0.2) is 10.7 Å². The standard InChI is InChI=1S/C19H24N2OS.ClH/c1-19(2,3)23-16-11-9-15(10-12-16)21-18(22)13-17(20)14-7-5-4-6-8-14;/h4-12,17H,13,20H2,1-3H3,(H,21,22);1H. The number of nitrogens with one attached hydrogen (secondary N) is 1. The van der Waals surface area contributed by atoms with Crippen molar-refractivity contribution in [3.8, 4) is 0 Å². The van der Waals surface area contributed by atoms with E-state index in [1.807, 2.05) is 54.6 Å². The summed E-state index contributed by atoms with van der Waals surface area (Å²) in [4.78, 5) is 13.3. The van der Waals surface area contributed by atoms with E-state index in [0.717, 1.165) is 11.3 Å². The summed E-state index contributed by atoms with van der Waals surface area (Å²) < 4.78 is 0.174. The van der Waals surface area contributed by atoms with Crippen LogP contribution in [0.25, 0.3) is 0 Å². The van der Waals surface area contributed by atoms with Crippen LogP contribution in [0.1, 0.15) is 38.8 Å². The third-order valence-corrected chi connectivity index (χ3v) is 4.32. The maximum Gasteiger partial charge on any atom is 0.226 e. The third kappa shape index (κ3) is 6.95. The van der Waals surface area contributed by atoms with Crippen LogP contribution < -0.4 is 11.1 Å². The lowest BCUT2D eigenvalue weighted by Crippen LogP contribution is -2.20. The van der Waals surface area contributed by atoms with Gasteiger partial charge in [-0.25, -0.2) is 0 Å². The quantitative estimate of drug-likeness (QED) is 0.732. The highest BCUT2D eigenvalue weighted by Crippen LogP contribution is 2.32. The molecule has 24 heavy (non-hydrogen) atoms. The Labute approximate surface area is 154 Å². The molecule has 2 aromatic carbocycles. The molecule has 2 rings (SSSR count). The first-order valence-electron chi connectivity index (χ1n) is 7.73. The van der Waals surface area contributed by atoms with Crippen molar-refractivity contribution in [2.45, 2.75) is 42.9 Å². The Kier molecular flexibility index (Phi) is 7.80. The molecule has 3 nitrogen and oxygen atoms in total. The Balaban J connectivity index is 0.00000288. The van der Waals surface area contributed by atoms with E-state index >= 15 is 0 Å². The number of carbonyl (C=O) groups excluding carboxylic acids is 1. The highest BCUT2D eigenvalue weighted by molar-refractivity contribution is 8.00. The number of carbonyl (C=O) groups is 1. The number of anilines is 1. The summed E-state index contributed by atoms with van der Waals surface area (Å²) in [6.45, 7) is 6.54. The molecule has 1 unspecified atom stereocenters. The van der Waals surface area contributed by atoms with Gasteiger partial charge in [0.15, 0.2) is 0 Å². The Morgan fingerprint density at radius 2 is 1.67 bits per heavy atom. The molecule has 0 bridgehead atoms. The van der Waals surface area contributed by atoms with E-state index in [4.69, 9.17) is 5.73 Å². The second kappa shape index (κ2) is 9.11. The van der Waals surface area contributed by atoms with Gasteiger partial charge in [0.1, 0.15) is 0 Å². The molecule has 0 aliphatic rings. The molecule has 0 fully saturated rings. The zero-order valence-corrected chi connectivity index (χ0v) is 15.9. The molecule has 0 radical (unpaired) electrons. The number of thioether (sulfide) groups is 1. The lowest BCUT2D eigenvalue weighted by Gasteiger charge is -2.17. The number of rotatable bonds is 5. The fourth-order valence-electron chi connectivity index (χ4n) is 2.19. The number of hydrogen-bond donors (Lipinski definition) is 2. The Morgan fingerprint density at radius 1 is 1.08 bits per heavy atom. The third-order valence-electron chi connectivity index (χ3n) is 3.20. The van der Waals surface area contributed by atoms with Crippen LogP contribution in [0, 0.1) is 0 Å². The second-order valence-electron chi connectivity index (χ2n) is 6.51. The van der Waals surface area contributed by atoms with E-state index in [1.54, 1.807) is 11.8 Å². The molecule has 0 spiro atoms. The summed E-state index contributed by atoms with van der Waals surface area (Å²) in [5.74, 6) is -0.0717. The van der Waals surface area contributed by atoms with Crippen molar-refractivity contribution in [2.75, 3.05) is 5.32 Å². The van der Waals surface area contributed by atoms with Gasteiger partial charge in [-0.05, 0) is 29.8 Å². The van der Waals surface area contributed by atoms with E-state index < -0.39 is 0 Å². The topological polar surface area (TPSA) is 55.1 Å². The molecule has 0 aromatic heterocycles. The van der Waals surface area contributed by atoms with Gasteiger partial charge >= 0.3 is 0 Å². The van der Waals surface area contributed by atoms with Crippen LogP contribution in [0.15, 0.2) is 59.5 Å². The van der Waals surface area contributed by atoms with Crippen LogP contribution in [-0.2, 0) is 4.79 Å². The van der Waals surface area contributed by atoms with Crippen molar-refractivity contribution in [1.82, 2.24) is 0 Å². The normalized spacial score (nSPS) is 12.2. The average molecular weight is 365 g/mol. The Morgan fingerprint density at radius 3 is 2.21 bits per heavy atom. The van der Waals surface area contributed by atoms with Crippen molar-refractivity contribution in [3.05, 3.63) is 60.2 Å². The molecular formula is C19H25ClN2OS. The largest absolute Gasteiger partial charge is 0.326 e. The molecule has 2 aromatic rings. The molecular weight excluding hydrogens is 340 g/mol. The molecule has 1 atom stereocenters. The fourth-order valence-corrected chi connectivity index (χ4v) is 3.17. The van der Waals surface area contributed by atoms with E-state index in [9.17, 15) is 4.79 Å². The second-order valence-corrected chi connectivity index (χ2v) is 8.41. The maximum absolute atomic E-state index is 12.1. The number of benzene rings is 2. The van der Waals surface area contributed by atoms with Gasteiger partial charge in [-0.15, -0.1) is 24.2 Å². The summed E-state index contributed by atoms with van der Waals surface area (Å²) in [7, 11) is 0. The smallest absolute Gasteiger partial charge is 0.226 e. The molecule has 130 valence electrons. The zero-order chi connectivity index (χ0) is 16.9. The van der Waals surface area contributed by atoms with E-state index in [0.29, 0.717) is 0 Å². The first kappa shape index (κ1) is 20.6. The van der Waals surface area contributed by atoms with Crippen molar-refractivity contribution < 1.29 is 4.79 Å². The summed E-state index contributed by atoms with van der Waals surface area (Å²) in [6.07, 6.45) is 0.266. The minimum atomic E-state index is -0.285. The number of halogens is 1. The average Bonchev–Trinajstić information content (AvgIpc) is 2.48.